The maximum Gasteiger partial charge on any atom is 0.283 e. The van der Waals surface area contributed by atoms with E-state index in [-0.39, 0.29) is 6.07 Å². The Labute approximate surface area is 157 Å². The summed E-state index contributed by atoms with van der Waals surface area (Å²) in [6.45, 7) is -2.34. The van der Waals surface area contributed by atoms with E-state index in [4.69, 9.17) is 4.74 Å². The van der Waals surface area contributed by atoms with Crippen molar-refractivity contribution in [2.24, 2.45) is 0 Å². The summed E-state index contributed by atoms with van der Waals surface area (Å²) in [5.74, 6) is -7.80. The van der Waals surface area contributed by atoms with E-state index in [0.717, 1.165) is 43.6 Å². The summed E-state index contributed by atoms with van der Waals surface area (Å²) < 4.78 is 107. The molecule has 0 aromatic heterocycles. The molecular formula is C19H14BF7O. The number of ether oxygens (including phenoxy) is 1. The Morgan fingerprint density at radius 3 is 1.79 bits per heavy atom. The molecule has 28 heavy (non-hydrogen) atoms. The molecule has 0 saturated heterocycles. The number of halogens is 7. The molecule has 3 rings (SSSR count). The van der Waals surface area contributed by atoms with Crippen LogP contribution >= 0.6 is 0 Å². The molecule has 0 amide bonds. The number of benzene rings is 1. The van der Waals surface area contributed by atoms with E-state index in [1.807, 2.05) is 0 Å². The van der Waals surface area contributed by atoms with E-state index in [0.29, 0.717) is 0 Å². The fourth-order valence-corrected chi connectivity index (χ4v) is 3.72. The minimum absolute atomic E-state index is 0.166. The van der Waals surface area contributed by atoms with Crippen LogP contribution in [0.3, 0.4) is 0 Å². The van der Waals surface area contributed by atoms with Crippen LogP contribution in [0.2, 0.25) is 0 Å². The lowest BCUT2D eigenvalue weighted by Gasteiger charge is -2.39. The minimum Gasteiger partial charge on any atom is -0.494 e. The minimum atomic E-state index is -2.95. The van der Waals surface area contributed by atoms with Crippen molar-refractivity contribution >= 4 is 12.2 Å². The molecule has 1 nitrogen and oxygen atoms in total. The highest BCUT2D eigenvalue weighted by Crippen LogP contribution is 2.42. The summed E-state index contributed by atoms with van der Waals surface area (Å²) >= 11 is 0. The average Bonchev–Trinajstić information content (AvgIpc) is 2.58. The molecule has 0 spiro atoms. The summed E-state index contributed by atoms with van der Waals surface area (Å²) in [6.07, 6.45) is 3.16. The first-order valence-electron chi connectivity index (χ1n) is 8.28. The van der Waals surface area contributed by atoms with Crippen molar-refractivity contribution in [3.63, 3.8) is 0 Å². The van der Waals surface area contributed by atoms with E-state index in [2.05, 4.69) is 0 Å². The van der Waals surface area contributed by atoms with Crippen molar-refractivity contribution in [2.45, 2.75) is 24.0 Å². The molecule has 148 valence electrons. The van der Waals surface area contributed by atoms with E-state index < -0.39 is 71.0 Å². The van der Waals surface area contributed by atoms with Gasteiger partial charge in [-0.3, -0.25) is 0 Å². The van der Waals surface area contributed by atoms with Crippen molar-refractivity contribution in [3.05, 3.63) is 71.6 Å². The maximum absolute atomic E-state index is 15.8. The normalized spacial score (nSPS) is 26.7. The van der Waals surface area contributed by atoms with Gasteiger partial charge in [-0.1, -0.05) is 24.3 Å². The zero-order valence-electron chi connectivity index (χ0n) is 14.6. The van der Waals surface area contributed by atoms with Gasteiger partial charge in [0.05, 0.1) is 7.11 Å². The smallest absolute Gasteiger partial charge is 0.283 e. The van der Waals surface area contributed by atoms with Gasteiger partial charge in [-0.2, -0.15) is 0 Å². The highest BCUT2D eigenvalue weighted by Gasteiger charge is 2.58. The molecule has 0 radical (unpaired) electrons. The number of alkyl halides is 2. The van der Waals surface area contributed by atoms with Crippen LogP contribution in [0.4, 0.5) is 30.7 Å². The van der Waals surface area contributed by atoms with Crippen LogP contribution in [0.5, 0.6) is 5.75 Å². The predicted molar refractivity (Wildman–Crippen MR) is 91.8 cm³/mol. The highest BCUT2D eigenvalue weighted by molar-refractivity contribution is 6.80. The average molecular weight is 402 g/mol. The summed E-state index contributed by atoms with van der Waals surface area (Å²) in [5.41, 5.74) is -7.02. The Bertz CT molecular complexity index is 881. The Kier molecular flexibility index (Phi) is 5.21. The van der Waals surface area contributed by atoms with Gasteiger partial charge in [-0.25, -0.2) is 30.7 Å². The Morgan fingerprint density at radius 1 is 0.857 bits per heavy atom. The predicted octanol–water partition coefficient (Wildman–Crippen LogP) is 4.94. The third-order valence-electron chi connectivity index (χ3n) is 4.79. The fraction of sp³-hybridized carbons (Fsp3) is 0.263. The molecule has 1 aromatic carbocycles. The summed E-state index contributed by atoms with van der Waals surface area (Å²) in [5, 5.41) is 0. The van der Waals surface area contributed by atoms with Crippen molar-refractivity contribution in [1.82, 2.24) is 0 Å². The number of rotatable bonds is 4. The number of hydrogen-bond donors (Lipinski definition) is 0. The SMILES string of the molecule is COc1c(F)cc(F)c(F)c1B(C1(F)C=CC=C(F)C1)C1(F)C=CC=C(F)C1. The quantitative estimate of drug-likeness (QED) is 0.394. The Hall–Kier alpha value is -2.45. The van der Waals surface area contributed by atoms with Crippen LogP contribution in [0.25, 0.3) is 0 Å². The third-order valence-corrected chi connectivity index (χ3v) is 4.79. The van der Waals surface area contributed by atoms with Crippen LogP contribution in [-0.4, -0.2) is 25.0 Å². The van der Waals surface area contributed by atoms with Crippen molar-refractivity contribution in [2.75, 3.05) is 7.11 Å². The van der Waals surface area contributed by atoms with Gasteiger partial charge < -0.3 is 4.74 Å². The number of methoxy groups -OCH3 is 1. The zero-order chi connectivity index (χ0) is 20.7. The first kappa shape index (κ1) is 20.3. The topological polar surface area (TPSA) is 9.23 Å². The molecule has 0 fully saturated rings. The molecule has 9 heteroatoms. The molecule has 2 aliphatic rings. The van der Waals surface area contributed by atoms with E-state index in [1.165, 1.54) is 0 Å². The lowest BCUT2D eigenvalue weighted by atomic mass is 9.26. The van der Waals surface area contributed by atoms with Gasteiger partial charge in [0.2, 0.25) is 0 Å². The molecule has 1 aromatic rings. The van der Waals surface area contributed by atoms with Crippen molar-refractivity contribution in [3.8, 4) is 5.75 Å². The van der Waals surface area contributed by atoms with E-state index >= 15 is 8.78 Å². The van der Waals surface area contributed by atoms with Gasteiger partial charge >= 0.3 is 0 Å². The van der Waals surface area contributed by atoms with Gasteiger partial charge in [-0.15, -0.1) is 0 Å². The lowest BCUT2D eigenvalue weighted by Crippen LogP contribution is -2.63. The van der Waals surface area contributed by atoms with Crippen LogP contribution < -0.4 is 10.2 Å². The molecule has 0 bridgehead atoms. The van der Waals surface area contributed by atoms with Gasteiger partial charge in [-0.05, 0) is 12.2 Å². The second kappa shape index (κ2) is 7.18. The molecule has 0 saturated carbocycles. The lowest BCUT2D eigenvalue weighted by molar-refractivity contribution is 0.257. The monoisotopic (exact) mass is 402 g/mol. The number of hydrogen-bond acceptors (Lipinski definition) is 1. The largest absolute Gasteiger partial charge is 0.494 e. The first-order valence-corrected chi connectivity index (χ1v) is 8.28. The Balaban J connectivity index is 2.31. The van der Waals surface area contributed by atoms with Gasteiger partial charge in [0.1, 0.15) is 22.8 Å². The van der Waals surface area contributed by atoms with Crippen LogP contribution in [0.15, 0.2) is 54.2 Å². The summed E-state index contributed by atoms with van der Waals surface area (Å²) in [6, 6.07) is 0.166. The molecule has 2 unspecified atom stereocenters. The zero-order valence-corrected chi connectivity index (χ0v) is 14.6. The van der Waals surface area contributed by atoms with Crippen molar-refractivity contribution < 1.29 is 35.5 Å². The first-order chi connectivity index (χ1) is 13.1. The highest BCUT2D eigenvalue weighted by atomic mass is 19.2. The van der Waals surface area contributed by atoms with Crippen LogP contribution in [0.1, 0.15) is 12.8 Å². The van der Waals surface area contributed by atoms with Gasteiger partial charge in [0.15, 0.2) is 23.2 Å². The van der Waals surface area contributed by atoms with Gasteiger partial charge in [0, 0.05) is 24.4 Å². The van der Waals surface area contributed by atoms with Crippen LogP contribution in [0, 0.1) is 17.5 Å². The van der Waals surface area contributed by atoms with Crippen molar-refractivity contribution in [1.29, 1.82) is 0 Å². The second-order valence-electron chi connectivity index (χ2n) is 6.69. The van der Waals surface area contributed by atoms with Crippen LogP contribution in [-0.2, 0) is 0 Å². The fourth-order valence-electron chi connectivity index (χ4n) is 3.72. The maximum atomic E-state index is 15.8. The summed E-state index contributed by atoms with van der Waals surface area (Å²) in [7, 11) is 0.903. The summed E-state index contributed by atoms with van der Waals surface area (Å²) in [4.78, 5) is 0. The second-order valence-corrected chi connectivity index (χ2v) is 6.69. The molecule has 0 N–H and O–H groups in total. The van der Waals surface area contributed by atoms with E-state index in [1.54, 1.807) is 0 Å². The Morgan fingerprint density at radius 2 is 1.36 bits per heavy atom. The standard InChI is InChI=1S/C19H14BF7O/c1-28-17-14(24)8-13(23)16(25)15(17)20(18(26)6-2-4-11(21)9-18)19(27)7-3-5-12(22)10-19/h2-8H,9-10H2,1H3. The number of allylic oxidation sites excluding steroid dienone is 8. The van der Waals surface area contributed by atoms with E-state index in [9.17, 15) is 22.0 Å². The molecular weight excluding hydrogens is 388 g/mol. The molecule has 2 aliphatic carbocycles. The third kappa shape index (κ3) is 3.38. The molecule has 2 atom stereocenters. The molecule has 0 heterocycles. The molecule has 0 aliphatic heterocycles. The van der Waals surface area contributed by atoms with Gasteiger partial charge in [0.25, 0.3) is 6.71 Å².